The summed E-state index contributed by atoms with van der Waals surface area (Å²) < 4.78 is 0. The van der Waals surface area contributed by atoms with E-state index < -0.39 is 0 Å². The van der Waals surface area contributed by atoms with Crippen LogP contribution in [0.15, 0.2) is 0 Å². The van der Waals surface area contributed by atoms with Crippen molar-refractivity contribution >= 4 is 12.3 Å². The van der Waals surface area contributed by atoms with Crippen molar-refractivity contribution in [2.75, 3.05) is 6.54 Å². The van der Waals surface area contributed by atoms with Gasteiger partial charge in [-0.2, -0.15) is 0 Å². The molecule has 0 saturated heterocycles. The van der Waals surface area contributed by atoms with E-state index in [2.05, 4.69) is 24.5 Å². The average Bonchev–Trinajstić information content (AvgIpc) is 2.23. The van der Waals surface area contributed by atoms with E-state index in [0.29, 0.717) is 12.3 Å². The first-order valence-corrected chi connectivity index (χ1v) is 6.78. The number of carbonyl (C=O) groups excluding carboxylic acids is 2. The van der Waals surface area contributed by atoms with Crippen molar-refractivity contribution in [2.24, 2.45) is 5.92 Å². The number of carbonyl (C=O) groups is 1. The molecule has 0 aliphatic carbocycles. The van der Waals surface area contributed by atoms with E-state index in [-0.39, 0.29) is 11.4 Å². The summed E-state index contributed by atoms with van der Waals surface area (Å²) in [4.78, 5) is 21.8. The van der Waals surface area contributed by atoms with Gasteiger partial charge in [-0.25, -0.2) is 0 Å². The molecule has 1 radical (unpaired) electrons. The largest absolute Gasteiger partial charge is 0.356 e. The second-order valence-corrected chi connectivity index (χ2v) is 5.85. The maximum absolute atomic E-state index is 11.5. The molecule has 0 aromatic heterocycles. The molecule has 0 aromatic rings. The smallest absolute Gasteiger partial charge is 0.309 e. The fraction of sp³-hybridized carbons (Fsp3) is 0.857. The Kier molecular flexibility index (Phi) is 8.42. The van der Waals surface area contributed by atoms with Gasteiger partial charge < -0.3 is 10.6 Å². The van der Waals surface area contributed by atoms with Gasteiger partial charge in [-0.1, -0.05) is 13.8 Å². The van der Waals surface area contributed by atoms with Crippen molar-refractivity contribution in [3.63, 3.8) is 0 Å². The molecule has 0 fully saturated rings. The number of amides is 2. The zero-order valence-corrected chi connectivity index (χ0v) is 12.1. The summed E-state index contributed by atoms with van der Waals surface area (Å²) in [5.74, 6) is 0.790. The Balaban J connectivity index is 3.56. The maximum Gasteiger partial charge on any atom is 0.309 e. The van der Waals surface area contributed by atoms with Gasteiger partial charge in [0.2, 0.25) is 5.91 Å². The van der Waals surface area contributed by atoms with Gasteiger partial charge in [-0.3, -0.25) is 9.59 Å². The third kappa shape index (κ3) is 10.1. The van der Waals surface area contributed by atoms with Crippen molar-refractivity contribution in [3.8, 4) is 0 Å². The van der Waals surface area contributed by atoms with Crippen LogP contribution in [-0.4, -0.2) is 24.4 Å². The highest BCUT2D eigenvalue weighted by Crippen LogP contribution is 2.11. The highest BCUT2D eigenvalue weighted by atomic mass is 16.1. The zero-order valence-electron chi connectivity index (χ0n) is 12.1. The first-order chi connectivity index (χ1) is 8.37. The van der Waals surface area contributed by atoms with Crippen molar-refractivity contribution in [1.29, 1.82) is 0 Å². The molecular formula is C14H27N2O2. The minimum atomic E-state index is -0.278. The molecule has 0 atom stereocenters. The molecule has 4 heteroatoms. The Labute approximate surface area is 111 Å². The highest BCUT2D eigenvalue weighted by Gasteiger charge is 2.16. The molecule has 0 unspecified atom stereocenters. The fourth-order valence-corrected chi connectivity index (χ4v) is 1.72. The standard InChI is InChI=1S/C14H27N2O2/c1-12(2)7-6-10-15-13(18)8-5-9-14(3,4)16-11-17/h12H,5-10H2,1-4H3,(H,15,18)(H,16,17). The minimum Gasteiger partial charge on any atom is -0.356 e. The van der Waals surface area contributed by atoms with Crippen molar-refractivity contribution in [1.82, 2.24) is 10.6 Å². The quantitative estimate of drug-likeness (QED) is 0.464. The van der Waals surface area contributed by atoms with E-state index in [1.54, 1.807) is 6.41 Å². The van der Waals surface area contributed by atoms with E-state index in [9.17, 15) is 9.59 Å². The lowest BCUT2D eigenvalue weighted by Crippen LogP contribution is -2.38. The SMILES string of the molecule is CC(C)CCCNC(=O)CCCC(C)(C)N[C]=O. The Bertz CT molecular complexity index is 250. The van der Waals surface area contributed by atoms with E-state index in [1.165, 1.54) is 0 Å². The van der Waals surface area contributed by atoms with Gasteiger partial charge in [-0.05, 0) is 45.4 Å². The van der Waals surface area contributed by atoms with Crippen molar-refractivity contribution in [3.05, 3.63) is 0 Å². The third-order valence-electron chi connectivity index (χ3n) is 2.88. The molecular weight excluding hydrogens is 228 g/mol. The van der Waals surface area contributed by atoms with Crippen LogP contribution in [0.2, 0.25) is 0 Å². The van der Waals surface area contributed by atoms with Gasteiger partial charge in [0.1, 0.15) is 0 Å². The zero-order chi connectivity index (χ0) is 14.0. The van der Waals surface area contributed by atoms with E-state index >= 15 is 0 Å². The van der Waals surface area contributed by atoms with E-state index in [1.807, 2.05) is 13.8 Å². The molecule has 0 aromatic carbocycles. The number of hydrogen-bond acceptors (Lipinski definition) is 2. The lowest BCUT2D eigenvalue weighted by Gasteiger charge is -2.22. The molecule has 0 spiro atoms. The van der Waals surface area contributed by atoms with Gasteiger partial charge >= 0.3 is 6.41 Å². The summed E-state index contributed by atoms with van der Waals surface area (Å²) >= 11 is 0. The summed E-state index contributed by atoms with van der Waals surface area (Å²) in [7, 11) is 0. The first-order valence-electron chi connectivity index (χ1n) is 6.78. The second-order valence-electron chi connectivity index (χ2n) is 5.85. The lowest BCUT2D eigenvalue weighted by molar-refractivity contribution is -0.121. The van der Waals surface area contributed by atoms with Crippen LogP contribution in [0, 0.1) is 5.92 Å². The normalized spacial score (nSPS) is 11.4. The van der Waals surface area contributed by atoms with E-state index in [0.717, 1.165) is 32.2 Å². The van der Waals surface area contributed by atoms with Gasteiger partial charge in [0, 0.05) is 18.5 Å². The molecule has 0 saturated carbocycles. The van der Waals surface area contributed by atoms with Crippen molar-refractivity contribution < 1.29 is 9.59 Å². The van der Waals surface area contributed by atoms with Crippen LogP contribution in [0.4, 0.5) is 0 Å². The van der Waals surface area contributed by atoms with Crippen molar-refractivity contribution in [2.45, 2.75) is 65.3 Å². The first kappa shape index (κ1) is 16.9. The van der Waals surface area contributed by atoms with Crippen LogP contribution in [0.3, 0.4) is 0 Å². The summed E-state index contributed by atoms with van der Waals surface area (Å²) in [6, 6.07) is 0. The van der Waals surface area contributed by atoms with Crippen LogP contribution < -0.4 is 10.6 Å². The van der Waals surface area contributed by atoms with Crippen LogP contribution in [0.5, 0.6) is 0 Å². The number of nitrogens with one attached hydrogen (secondary N) is 2. The van der Waals surface area contributed by atoms with E-state index in [4.69, 9.17) is 0 Å². The predicted octanol–water partition coefficient (Wildman–Crippen LogP) is 2.14. The Morgan fingerprint density at radius 1 is 1.28 bits per heavy atom. The average molecular weight is 255 g/mol. The lowest BCUT2D eigenvalue weighted by atomic mass is 9.97. The molecule has 18 heavy (non-hydrogen) atoms. The van der Waals surface area contributed by atoms with Crippen LogP contribution in [-0.2, 0) is 9.59 Å². The topological polar surface area (TPSA) is 58.2 Å². The predicted molar refractivity (Wildman–Crippen MR) is 73.8 cm³/mol. The molecule has 0 aliphatic rings. The summed E-state index contributed by atoms with van der Waals surface area (Å²) in [5, 5.41) is 5.54. The number of rotatable bonds is 10. The van der Waals surface area contributed by atoms with Crippen LogP contribution in [0.25, 0.3) is 0 Å². The molecule has 105 valence electrons. The minimum absolute atomic E-state index is 0.102. The van der Waals surface area contributed by atoms with Gasteiger partial charge in [0.25, 0.3) is 0 Å². The molecule has 2 amide bonds. The highest BCUT2D eigenvalue weighted by molar-refractivity contribution is 5.75. The summed E-state index contributed by atoms with van der Waals surface area (Å²) in [5.41, 5.74) is -0.278. The summed E-state index contributed by atoms with van der Waals surface area (Å²) in [6.07, 6.45) is 5.96. The molecule has 2 N–H and O–H groups in total. The monoisotopic (exact) mass is 255 g/mol. The Hall–Kier alpha value is -1.06. The molecule has 0 bridgehead atoms. The maximum atomic E-state index is 11.5. The van der Waals surface area contributed by atoms with Crippen LogP contribution >= 0.6 is 0 Å². The molecule has 4 nitrogen and oxygen atoms in total. The fourth-order valence-electron chi connectivity index (χ4n) is 1.72. The Morgan fingerprint density at radius 3 is 2.50 bits per heavy atom. The number of hydrogen-bond donors (Lipinski definition) is 2. The Morgan fingerprint density at radius 2 is 1.94 bits per heavy atom. The van der Waals surface area contributed by atoms with Gasteiger partial charge in [0.05, 0.1) is 0 Å². The third-order valence-corrected chi connectivity index (χ3v) is 2.88. The van der Waals surface area contributed by atoms with Gasteiger partial charge in [-0.15, -0.1) is 0 Å². The second kappa shape index (κ2) is 8.95. The molecule has 0 heterocycles. The summed E-state index contributed by atoms with van der Waals surface area (Å²) in [6.45, 7) is 8.99. The van der Waals surface area contributed by atoms with Gasteiger partial charge in [0.15, 0.2) is 0 Å². The van der Waals surface area contributed by atoms with Crippen LogP contribution in [0.1, 0.15) is 59.8 Å². The molecule has 0 aliphatic heterocycles. The molecule has 0 rings (SSSR count).